The molecule has 9 nitrogen and oxygen atoms in total. The average Bonchev–Trinajstić information content (AvgIpc) is 2.82. The van der Waals surface area contributed by atoms with Crippen LogP contribution in [0.3, 0.4) is 0 Å². The molecule has 0 saturated heterocycles. The van der Waals surface area contributed by atoms with E-state index in [2.05, 4.69) is 25.9 Å². The van der Waals surface area contributed by atoms with Crippen LogP contribution < -0.4 is 27.9 Å². The third-order valence-corrected chi connectivity index (χ3v) is 5.39. The summed E-state index contributed by atoms with van der Waals surface area (Å²) in [6.07, 6.45) is 4.98. The van der Waals surface area contributed by atoms with Crippen molar-refractivity contribution in [1.29, 1.82) is 0 Å². The number of fused-ring (bicyclic) bond motifs is 1. The molecule has 6 N–H and O–H groups in total. The van der Waals surface area contributed by atoms with Gasteiger partial charge < -0.3 is 15.5 Å². The van der Waals surface area contributed by atoms with E-state index >= 15 is 0 Å². The zero-order valence-electron chi connectivity index (χ0n) is 18.6. The fraction of sp³-hybridized carbons (Fsp3) is 0.167. The highest BCUT2D eigenvalue weighted by atomic mass is 16.3. The van der Waals surface area contributed by atoms with Gasteiger partial charge in [-0.05, 0) is 56.7 Å². The molecule has 4 aromatic rings. The second-order valence-corrected chi connectivity index (χ2v) is 7.75. The molecular formula is C24H25N7O2. The van der Waals surface area contributed by atoms with Gasteiger partial charge in [-0.1, -0.05) is 6.07 Å². The zero-order valence-corrected chi connectivity index (χ0v) is 18.6. The highest BCUT2D eigenvalue weighted by Gasteiger charge is 2.20. The number of rotatable bonds is 6. The maximum atomic E-state index is 13.3. The van der Waals surface area contributed by atoms with Gasteiger partial charge >= 0.3 is 0 Å². The molecule has 1 unspecified atom stereocenters. The van der Waals surface area contributed by atoms with Crippen LogP contribution in [0.2, 0.25) is 0 Å². The molecule has 1 atom stereocenters. The van der Waals surface area contributed by atoms with E-state index in [0.29, 0.717) is 33.7 Å². The van der Waals surface area contributed by atoms with Crippen LogP contribution in [0, 0.1) is 13.8 Å². The lowest BCUT2D eigenvalue weighted by Crippen LogP contribution is -2.25. The number of hydrazone groups is 1. The summed E-state index contributed by atoms with van der Waals surface area (Å²) in [5, 5.41) is 7.76. The Bertz CT molecular complexity index is 1400. The van der Waals surface area contributed by atoms with E-state index in [1.807, 2.05) is 44.2 Å². The van der Waals surface area contributed by atoms with Crippen molar-refractivity contribution in [1.82, 2.24) is 15.5 Å². The van der Waals surface area contributed by atoms with Gasteiger partial charge in [0.05, 0.1) is 17.1 Å². The number of anilines is 1. The topological polar surface area (TPSA) is 144 Å². The monoisotopic (exact) mass is 443 g/mol. The Hall–Kier alpha value is -4.24. The van der Waals surface area contributed by atoms with Crippen LogP contribution in [0.25, 0.3) is 22.3 Å². The maximum absolute atomic E-state index is 13.3. The normalized spacial score (nSPS) is 12.5. The van der Waals surface area contributed by atoms with Crippen molar-refractivity contribution in [2.24, 2.45) is 16.7 Å². The number of nitrogens with one attached hydrogen (secondary N) is 2. The molecule has 9 heteroatoms. The molecule has 0 fully saturated rings. The maximum Gasteiger partial charge on any atom is 0.196 e. The molecule has 0 amide bonds. The molecular weight excluding hydrogens is 418 g/mol. The Kier molecular flexibility index (Phi) is 6.05. The summed E-state index contributed by atoms with van der Waals surface area (Å²) in [6.45, 7) is 5.70. The summed E-state index contributed by atoms with van der Waals surface area (Å²) in [5.41, 5.74) is 12.8. The molecule has 168 valence electrons. The largest absolute Gasteiger partial charge is 0.455 e. The van der Waals surface area contributed by atoms with Crippen molar-refractivity contribution in [3.05, 3.63) is 87.6 Å². The minimum atomic E-state index is -0.249. The molecule has 33 heavy (non-hydrogen) atoms. The summed E-state index contributed by atoms with van der Waals surface area (Å²) in [7, 11) is 0. The lowest BCUT2D eigenvalue weighted by molar-refractivity contribution is 0.605. The molecule has 0 spiro atoms. The molecule has 4 rings (SSSR count). The molecule has 1 aromatic carbocycles. The number of benzene rings is 1. The molecule has 3 heterocycles. The number of aromatic nitrogens is 2. The van der Waals surface area contributed by atoms with E-state index < -0.39 is 0 Å². The van der Waals surface area contributed by atoms with E-state index in [-0.39, 0.29) is 17.3 Å². The van der Waals surface area contributed by atoms with Crippen LogP contribution in [-0.4, -0.2) is 15.8 Å². The Morgan fingerprint density at radius 2 is 1.97 bits per heavy atom. The Balaban J connectivity index is 1.86. The Morgan fingerprint density at radius 3 is 2.70 bits per heavy atom. The number of aryl methyl sites for hydroxylation is 1. The lowest BCUT2D eigenvalue weighted by atomic mass is 9.99. The third-order valence-electron chi connectivity index (χ3n) is 5.39. The second-order valence-electron chi connectivity index (χ2n) is 7.75. The van der Waals surface area contributed by atoms with E-state index in [9.17, 15) is 4.79 Å². The molecule has 3 aromatic heterocycles. The predicted octanol–water partition coefficient (Wildman–Crippen LogP) is 3.12. The molecule has 0 radical (unpaired) electrons. The van der Waals surface area contributed by atoms with Crippen molar-refractivity contribution in [2.45, 2.75) is 26.8 Å². The predicted molar refractivity (Wildman–Crippen MR) is 130 cm³/mol. The first-order chi connectivity index (χ1) is 15.9. The number of amidine groups is 1. The second kappa shape index (κ2) is 9.09. The van der Waals surface area contributed by atoms with Crippen molar-refractivity contribution in [2.75, 3.05) is 5.32 Å². The minimum absolute atomic E-state index is 0.0697. The Morgan fingerprint density at radius 1 is 1.18 bits per heavy atom. The molecule has 0 saturated carbocycles. The first-order valence-corrected chi connectivity index (χ1v) is 10.4. The van der Waals surface area contributed by atoms with Crippen LogP contribution in [0.15, 0.2) is 69.3 Å². The average molecular weight is 444 g/mol. The molecule has 0 aliphatic rings. The van der Waals surface area contributed by atoms with E-state index in [0.717, 1.165) is 16.7 Å². The fourth-order valence-corrected chi connectivity index (χ4v) is 3.82. The minimum Gasteiger partial charge on any atom is -0.455 e. The van der Waals surface area contributed by atoms with Crippen molar-refractivity contribution in [3.63, 3.8) is 0 Å². The van der Waals surface area contributed by atoms with E-state index in [4.69, 9.17) is 16.0 Å². The smallest absolute Gasteiger partial charge is 0.196 e. The first-order valence-electron chi connectivity index (χ1n) is 10.4. The Labute approximate surface area is 190 Å². The van der Waals surface area contributed by atoms with Crippen molar-refractivity contribution < 1.29 is 4.42 Å². The fourth-order valence-electron chi connectivity index (χ4n) is 3.82. The van der Waals surface area contributed by atoms with Gasteiger partial charge in [0.2, 0.25) is 0 Å². The number of nitrogens with two attached hydrogens (primary N) is 2. The SMILES string of the molecule is Cc1cc(C(C)Nc2cccnc2/C(N)=N/NN)c2oc(-c3cccnc3)c(C)c(=O)c2c1. The van der Waals surface area contributed by atoms with Gasteiger partial charge in [-0.2, -0.15) is 0 Å². The zero-order chi connectivity index (χ0) is 23.5. The molecule has 0 bridgehead atoms. The van der Waals surface area contributed by atoms with Crippen LogP contribution in [-0.2, 0) is 0 Å². The summed E-state index contributed by atoms with van der Waals surface area (Å²) in [6, 6.07) is 10.9. The van der Waals surface area contributed by atoms with E-state index in [1.165, 1.54) is 0 Å². The number of hydrogen-bond donors (Lipinski definition) is 4. The van der Waals surface area contributed by atoms with Gasteiger partial charge in [0.25, 0.3) is 0 Å². The first kappa shape index (κ1) is 22.0. The van der Waals surface area contributed by atoms with Gasteiger partial charge in [0.15, 0.2) is 11.3 Å². The van der Waals surface area contributed by atoms with Crippen LogP contribution >= 0.6 is 0 Å². The summed E-state index contributed by atoms with van der Waals surface area (Å²) < 4.78 is 6.35. The van der Waals surface area contributed by atoms with Gasteiger partial charge in [0, 0.05) is 35.3 Å². The number of nitrogens with zero attached hydrogens (tertiary/aromatic N) is 3. The van der Waals surface area contributed by atoms with Gasteiger partial charge in [0.1, 0.15) is 17.0 Å². The quantitative estimate of drug-likeness (QED) is 0.154. The third kappa shape index (κ3) is 4.26. The molecule has 0 aliphatic heterocycles. The van der Waals surface area contributed by atoms with Gasteiger partial charge in [-0.25, -0.2) is 11.4 Å². The van der Waals surface area contributed by atoms with Gasteiger partial charge in [-0.15, -0.1) is 5.10 Å². The highest BCUT2D eigenvalue weighted by Crippen LogP contribution is 2.32. The standard InChI is InChI=1S/C24H25N7O2/c1-13-10-17(15(3)29-19-7-5-9-28-20(19)24(25)30-31-26)23-18(11-13)21(32)14(2)22(33-23)16-6-4-8-27-12-16/h4-12,15,29,31H,26H2,1-3H3,(H2,25,30). The highest BCUT2D eigenvalue weighted by molar-refractivity contribution is 6.00. The van der Waals surface area contributed by atoms with E-state index in [1.54, 1.807) is 31.6 Å². The number of hydrogen-bond acceptors (Lipinski definition) is 8. The lowest BCUT2D eigenvalue weighted by Gasteiger charge is -2.20. The number of hydrazine groups is 1. The summed E-state index contributed by atoms with van der Waals surface area (Å²) >= 11 is 0. The van der Waals surface area contributed by atoms with Crippen LogP contribution in [0.5, 0.6) is 0 Å². The van der Waals surface area contributed by atoms with Crippen molar-refractivity contribution >= 4 is 22.5 Å². The van der Waals surface area contributed by atoms with Crippen LogP contribution in [0.1, 0.15) is 35.3 Å². The van der Waals surface area contributed by atoms with Crippen LogP contribution in [0.4, 0.5) is 5.69 Å². The summed E-state index contributed by atoms with van der Waals surface area (Å²) in [4.78, 5) is 21.7. The van der Waals surface area contributed by atoms with Gasteiger partial charge in [-0.3, -0.25) is 14.8 Å². The molecule has 0 aliphatic carbocycles. The number of pyridine rings is 2. The summed E-state index contributed by atoms with van der Waals surface area (Å²) in [5.74, 6) is 5.91. The van der Waals surface area contributed by atoms with Crippen molar-refractivity contribution in [3.8, 4) is 11.3 Å².